The quantitative estimate of drug-likeness (QED) is 0.701. The van der Waals surface area contributed by atoms with Crippen LogP contribution in [0.2, 0.25) is 0 Å². The molecule has 0 amide bonds. The van der Waals surface area contributed by atoms with Crippen molar-refractivity contribution in [3.63, 3.8) is 0 Å². The Hall–Kier alpha value is -1.31. The van der Waals surface area contributed by atoms with Crippen LogP contribution in [0.15, 0.2) is 30.3 Å². The van der Waals surface area contributed by atoms with E-state index in [2.05, 4.69) is 12.1 Å². The zero-order chi connectivity index (χ0) is 12.7. The van der Waals surface area contributed by atoms with Gasteiger partial charge in [-0.1, -0.05) is 37.3 Å². The first-order chi connectivity index (χ1) is 8.03. The van der Waals surface area contributed by atoms with Crippen LogP contribution in [0.1, 0.15) is 45.6 Å². The molecule has 1 aromatic rings. The molecule has 0 bridgehead atoms. The molecule has 0 unspecified atom stereocenters. The van der Waals surface area contributed by atoms with Gasteiger partial charge in [-0.25, -0.2) is 0 Å². The van der Waals surface area contributed by atoms with Gasteiger partial charge in [0.2, 0.25) is 0 Å². The summed E-state index contributed by atoms with van der Waals surface area (Å²) in [5.41, 5.74) is 0.911. The molecule has 0 N–H and O–H groups in total. The summed E-state index contributed by atoms with van der Waals surface area (Å²) in [6.45, 7) is 5.94. The number of esters is 1. The van der Waals surface area contributed by atoms with Gasteiger partial charge in [-0.2, -0.15) is 0 Å². The number of ether oxygens (including phenoxy) is 1. The number of aryl methyl sites for hydroxylation is 1. The largest absolute Gasteiger partial charge is 0.460 e. The normalized spacial score (nSPS) is 11.2. The fourth-order valence-electron chi connectivity index (χ4n) is 1.70. The van der Waals surface area contributed by atoms with Crippen molar-refractivity contribution < 1.29 is 9.53 Å². The second kappa shape index (κ2) is 6.43. The van der Waals surface area contributed by atoms with Crippen molar-refractivity contribution >= 4 is 5.97 Å². The van der Waals surface area contributed by atoms with Crippen molar-refractivity contribution in [3.05, 3.63) is 35.9 Å². The van der Waals surface area contributed by atoms with E-state index in [4.69, 9.17) is 4.74 Å². The van der Waals surface area contributed by atoms with E-state index in [0.717, 1.165) is 19.3 Å². The summed E-state index contributed by atoms with van der Waals surface area (Å²) in [6, 6.07) is 10.3. The monoisotopic (exact) mass is 234 g/mol. The molecule has 1 aromatic carbocycles. The highest BCUT2D eigenvalue weighted by molar-refractivity contribution is 5.69. The first-order valence-electron chi connectivity index (χ1n) is 6.29. The number of carbonyl (C=O) groups excluding carboxylic acids is 1. The van der Waals surface area contributed by atoms with Crippen LogP contribution in [-0.4, -0.2) is 11.6 Å². The average Bonchev–Trinajstić information content (AvgIpc) is 2.27. The van der Waals surface area contributed by atoms with E-state index >= 15 is 0 Å². The fourth-order valence-corrected chi connectivity index (χ4v) is 1.70. The van der Waals surface area contributed by atoms with E-state index in [9.17, 15) is 4.79 Å². The Morgan fingerprint density at radius 3 is 2.47 bits per heavy atom. The highest BCUT2D eigenvalue weighted by Crippen LogP contribution is 2.19. The van der Waals surface area contributed by atoms with E-state index in [-0.39, 0.29) is 11.6 Å². The van der Waals surface area contributed by atoms with Crippen molar-refractivity contribution in [3.8, 4) is 0 Å². The molecular weight excluding hydrogens is 212 g/mol. The molecule has 0 radical (unpaired) electrons. The molecule has 0 saturated carbocycles. The maximum atomic E-state index is 11.4. The standard InChI is InChI=1S/C15H22O2/c1-4-8-14(16)17-15(2,3)12-11-13-9-6-5-7-10-13/h5-7,9-10H,4,8,11-12H2,1-3H3. The van der Waals surface area contributed by atoms with Crippen LogP contribution in [0.3, 0.4) is 0 Å². The Morgan fingerprint density at radius 2 is 1.88 bits per heavy atom. The van der Waals surface area contributed by atoms with Gasteiger partial charge in [-0.05, 0) is 38.7 Å². The van der Waals surface area contributed by atoms with Gasteiger partial charge < -0.3 is 4.74 Å². The molecule has 1 rings (SSSR count). The lowest BCUT2D eigenvalue weighted by Gasteiger charge is -2.25. The van der Waals surface area contributed by atoms with Gasteiger partial charge in [-0.15, -0.1) is 0 Å². The number of benzene rings is 1. The zero-order valence-corrected chi connectivity index (χ0v) is 11.0. The lowest BCUT2D eigenvalue weighted by molar-refractivity contribution is -0.157. The van der Waals surface area contributed by atoms with Crippen LogP contribution in [0.25, 0.3) is 0 Å². The van der Waals surface area contributed by atoms with Crippen LogP contribution in [0, 0.1) is 0 Å². The minimum atomic E-state index is -0.373. The Labute approximate surface area is 104 Å². The van der Waals surface area contributed by atoms with E-state index in [1.807, 2.05) is 39.0 Å². The number of rotatable bonds is 6. The van der Waals surface area contributed by atoms with Crippen molar-refractivity contribution in [1.29, 1.82) is 0 Å². The van der Waals surface area contributed by atoms with E-state index in [1.165, 1.54) is 5.56 Å². The van der Waals surface area contributed by atoms with Gasteiger partial charge in [0.05, 0.1) is 0 Å². The minimum Gasteiger partial charge on any atom is -0.460 e. The lowest BCUT2D eigenvalue weighted by Crippen LogP contribution is -2.28. The first-order valence-corrected chi connectivity index (χ1v) is 6.29. The summed E-state index contributed by atoms with van der Waals surface area (Å²) < 4.78 is 5.46. The van der Waals surface area contributed by atoms with Gasteiger partial charge in [0, 0.05) is 6.42 Å². The summed E-state index contributed by atoms with van der Waals surface area (Å²) in [5, 5.41) is 0. The molecule has 0 aliphatic carbocycles. The summed E-state index contributed by atoms with van der Waals surface area (Å²) in [6.07, 6.45) is 3.14. The van der Waals surface area contributed by atoms with E-state index < -0.39 is 0 Å². The Balaban J connectivity index is 2.41. The zero-order valence-electron chi connectivity index (χ0n) is 11.0. The lowest BCUT2D eigenvalue weighted by atomic mass is 9.98. The van der Waals surface area contributed by atoms with Crippen LogP contribution in [-0.2, 0) is 16.0 Å². The third kappa shape index (κ3) is 5.53. The Morgan fingerprint density at radius 1 is 1.24 bits per heavy atom. The van der Waals surface area contributed by atoms with Crippen molar-refractivity contribution in [2.75, 3.05) is 0 Å². The maximum absolute atomic E-state index is 11.4. The molecule has 2 heteroatoms. The van der Waals surface area contributed by atoms with Gasteiger partial charge in [0.1, 0.15) is 5.60 Å². The summed E-state index contributed by atoms with van der Waals surface area (Å²) in [7, 11) is 0. The van der Waals surface area contributed by atoms with E-state index in [1.54, 1.807) is 0 Å². The van der Waals surface area contributed by atoms with Crippen LogP contribution in [0.4, 0.5) is 0 Å². The average molecular weight is 234 g/mol. The summed E-state index contributed by atoms with van der Waals surface area (Å²) >= 11 is 0. The first kappa shape index (κ1) is 13.8. The summed E-state index contributed by atoms with van der Waals surface area (Å²) in [5.74, 6) is -0.0921. The maximum Gasteiger partial charge on any atom is 0.306 e. The molecule has 0 atom stereocenters. The molecule has 17 heavy (non-hydrogen) atoms. The van der Waals surface area contributed by atoms with Crippen molar-refractivity contribution in [2.24, 2.45) is 0 Å². The molecule has 0 aliphatic rings. The van der Waals surface area contributed by atoms with Crippen molar-refractivity contribution in [1.82, 2.24) is 0 Å². The number of hydrogen-bond acceptors (Lipinski definition) is 2. The highest BCUT2D eigenvalue weighted by Gasteiger charge is 2.22. The van der Waals surface area contributed by atoms with Gasteiger partial charge in [0.25, 0.3) is 0 Å². The number of carbonyl (C=O) groups is 1. The van der Waals surface area contributed by atoms with E-state index in [0.29, 0.717) is 6.42 Å². The molecule has 2 nitrogen and oxygen atoms in total. The molecule has 0 aromatic heterocycles. The summed E-state index contributed by atoms with van der Waals surface area (Å²) in [4.78, 5) is 11.4. The molecule has 0 spiro atoms. The smallest absolute Gasteiger partial charge is 0.306 e. The van der Waals surface area contributed by atoms with Crippen LogP contribution < -0.4 is 0 Å². The third-order valence-electron chi connectivity index (χ3n) is 2.70. The predicted octanol–water partition coefficient (Wildman–Crippen LogP) is 3.74. The molecular formula is C15H22O2. The van der Waals surface area contributed by atoms with Crippen molar-refractivity contribution in [2.45, 2.75) is 52.1 Å². The molecule has 0 aliphatic heterocycles. The highest BCUT2D eigenvalue weighted by atomic mass is 16.6. The van der Waals surface area contributed by atoms with Gasteiger partial charge in [-0.3, -0.25) is 4.79 Å². The Kier molecular flexibility index (Phi) is 5.20. The topological polar surface area (TPSA) is 26.3 Å². The van der Waals surface area contributed by atoms with Crippen LogP contribution >= 0.6 is 0 Å². The van der Waals surface area contributed by atoms with Gasteiger partial charge >= 0.3 is 5.97 Å². The molecule has 0 saturated heterocycles. The minimum absolute atomic E-state index is 0.0921. The van der Waals surface area contributed by atoms with Crippen LogP contribution in [0.5, 0.6) is 0 Å². The molecule has 0 fully saturated rings. The second-order valence-electron chi connectivity index (χ2n) is 4.97. The predicted molar refractivity (Wildman–Crippen MR) is 69.8 cm³/mol. The van der Waals surface area contributed by atoms with Gasteiger partial charge in [0.15, 0.2) is 0 Å². The molecule has 94 valence electrons. The Bertz CT molecular complexity index is 341. The third-order valence-corrected chi connectivity index (χ3v) is 2.70. The fraction of sp³-hybridized carbons (Fsp3) is 0.533. The SMILES string of the molecule is CCCC(=O)OC(C)(C)CCc1ccccc1. The number of hydrogen-bond donors (Lipinski definition) is 0. The second-order valence-corrected chi connectivity index (χ2v) is 4.97. The molecule has 0 heterocycles.